The van der Waals surface area contributed by atoms with E-state index in [1.807, 2.05) is 0 Å². The van der Waals surface area contributed by atoms with Gasteiger partial charge in [-0.1, -0.05) is 0 Å². The van der Waals surface area contributed by atoms with Crippen LogP contribution in [0.15, 0.2) is 18.2 Å². The van der Waals surface area contributed by atoms with E-state index in [1.54, 1.807) is 19.0 Å². The lowest BCUT2D eigenvalue weighted by molar-refractivity contribution is -0.384. The fourth-order valence-corrected chi connectivity index (χ4v) is 0.984. The van der Waals surface area contributed by atoms with Crippen molar-refractivity contribution in [3.05, 3.63) is 28.3 Å². The molecule has 5 heteroatoms. The SMILES string of the molecule is CN(C)c1cc([N+](=O)[O-])ccc1O. The average Bonchev–Trinajstić information content (AvgIpc) is 2.04. The summed E-state index contributed by atoms with van der Waals surface area (Å²) in [5, 5.41) is 19.7. The molecule has 1 aromatic carbocycles. The van der Waals surface area contributed by atoms with Gasteiger partial charge in [-0.25, -0.2) is 0 Å². The summed E-state index contributed by atoms with van der Waals surface area (Å²) in [7, 11) is 3.41. The topological polar surface area (TPSA) is 66.6 Å². The quantitative estimate of drug-likeness (QED) is 0.554. The Morgan fingerprint density at radius 1 is 1.46 bits per heavy atom. The average molecular weight is 182 g/mol. The van der Waals surface area contributed by atoms with Crippen LogP contribution in [0.25, 0.3) is 0 Å². The van der Waals surface area contributed by atoms with Crippen LogP contribution < -0.4 is 4.90 Å². The molecule has 0 aliphatic rings. The first kappa shape index (κ1) is 9.31. The Labute approximate surface area is 75.4 Å². The highest BCUT2D eigenvalue weighted by Crippen LogP contribution is 2.29. The standard InChI is InChI=1S/C8H10N2O3/c1-9(2)7-5-6(10(12)13)3-4-8(7)11/h3-5,11H,1-2H3. The smallest absolute Gasteiger partial charge is 0.271 e. The van der Waals surface area contributed by atoms with E-state index in [0.717, 1.165) is 0 Å². The van der Waals surface area contributed by atoms with Crippen molar-refractivity contribution in [2.24, 2.45) is 0 Å². The van der Waals surface area contributed by atoms with Crippen molar-refractivity contribution in [3.8, 4) is 5.75 Å². The number of nitro groups is 1. The lowest BCUT2D eigenvalue weighted by Crippen LogP contribution is -2.08. The first-order chi connectivity index (χ1) is 6.02. The van der Waals surface area contributed by atoms with Crippen molar-refractivity contribution >= 4 is 11.4 Å². The van der Waals surface area contributed by atoms with Crippen molar-refractivity contribution < 1.29 is 10.0 Å². The number of nitrogens with zero attached hydrogens (tertiary/aromatic N) is 2. The first-order valence-corrected chi connectivity index (χ1v) is 3.67. The lowest BCUT2D eigenvalue weighted by atomic mass is 10.2. The van der Waals surface area contributed by atoms with Crippen LogP contribution in [0.5, 0.6) is 5.75 Å². The van der Waals surface area contributed by atoms with Crippen molar-refractivity contribution in [1.82, 2.24) is 0 Å². The number of phenols is 1. The Hall–Kier alpha value is -1.78. The molecule has 0 aliphatic carbocycles. The van der Waals surface area contributed by atoms with Crippen LogP contribution in [0.1, 0.15) is 0 Å². The van der Waals surface area contributed by atoms with Gasteiger partial charge in [0.15, 0.2) is 0 Å². The molecule has 1 N–H and O–H groups in total. The van der Waals surface area contributed by atoms with Crippen molar-refractivity contribution in [2.75, 3.05) is 19.0 Å². The summed E-state index contributed by atoms with van der Waals surface area (Å²) >= 11 is 0. The predicted octanol–water partition coefficient (Wildman–Crippen LogP) is 1.37. The van der Waals surface area contributed by atoms with Gasteiger partial charge in [-0.2, -0.15) is 0 Å². The maximum Gasteiger partial charge on any atom is 0.271 e. The highest BCUT2D eigenvalue weighted by Gasteiger charge is 2.10. The summed E-state index contributed by atoms with van der Waals surface area (Å²) in [5.41, 5.74) is 0.413. The van der Waals surface area contributed by atoms with Gasteiger partial charge in [0, 0.05) is 26.2 Å². The number of hydrogen-bond acceptors (Lipinski definition) is 4. The number of non-ortho nitro benzene ring substituents is 1. The summed E-state index contributed by atoms with van der Waals surface area (Å²) in [5.74, 6) is 0.0376. The largest absolute Gasteiger partial charge is 0.506 e. The van der Waals surface area contributed by atoms with Crippen LogP contribution in [-0.2, 0) is 0 Å². The maximum atomic E-state index is 10.4. The van der Waals surface area contributed by atoms with Gasteiger partial charge in [-0.05, 0) is 6.07 Å². The highest BCUT2D eigenvalue weighted by atomic mass is 16.6. The Bertz CT molecular complexity index is 336. The molecule has 0 radical (unpaired) electrons. The predicted molar refractivity (Wildman–Crippen MR) is 49.1 cm³/mol. The molecule has 0 spiro atoms. The Morgan fingerprint density at radius 3 is 2.54 bits per heavy atom. The molecule has 0 amide bonds. The van der Waals surface area contributed by atoms with Crippen molar-refractivity contribution in [3.63, 3.8) is 0 Å². The Balaban J connectivity index is 3.19. The van der Waals surface area contributed by atoms with Gasteiger partial charge < -0.3 is 10.0 Å². The number of anilines is 1. The van der Waals surface area contributed by atoms with Gasteiger partial charge in [0.1, 0.15) is 5.75 Å². The maximum absolute atomic E-state index is 10.4. The normalized spacial score (nSPS) is 9.69. The Kier molecular flexibility index (Phi) is 2.36. The molecule has 0 saturated heterocycles. The van der Waals surface area contributed by atoms with Crippen molar-refractivity contribution in [2.45, 2.75) is 0 Å². The number of nitro benzene ring substituents is 1. The summed E-state index contributed by atoms with van der Waals surface area (Å²) in [6.45, 7) is 0. The molecule has 0 bridgehead atoms. The van der Waals surface area contributed by atoms with E-state index in [4.69, 9.17) is 0 Å². The molecule has 0 heterocycles. The molecule has 70 valence electrons. The fraction of sp³-hybridized carbons (Fsp3) is 0.250. The minimum Gasteiger partial charge on any atom is -0.506 e. The van der Waals surface area contributed by atoms with E-state index < -0.39 is 4.92 Å². The number of rotatable bonds is 2. The third-order valence-electron chi connectivity index (χ3n) is 1.65. The molecule has 0 aliphatic heterocycles. The number of hydrogen-bond donors (Lipinski definition) is 1. The molecule has 0 saturated carbocycles. The van der Waals surface area contributed by atoms with Gasteiger partial charge in [0.05, 0.1) is 10.6 Å². The van der Waals surface area contributed by atoms with Crippen LogP contribution in [-0.4, -0.2) is 24.1 Å². The minimum absolute atomic E-state index is 0.0264. The van der Waals surface area contributed by atoms with E-state index in [0.29, 0.717) is 5.69 Å². The summed E-state index contributed by atoms with van der Waals surface area (Å²) in [6.07, 6.45) is 0. The zero-order chi connectivity index (χ0) is 10.0. The molecule has 13 heavy (non-hydrogen) atoms. The molecule has 0 fully saturated rings. The number of benzene rings is 1. The van der Waals surface area contributed by atoms with E-state index in [9.17, 15) is 15.2 Å². The van der Waals surface area contributed by atoms with Crippen LogP contribution in [0.2, 0.25) is 0 Å². The second kappa shape index (κ2) is 3.30. The monoisotopic (exact) mass is 182 g/mol. The van der Waals surface area contributed by atoms with Gasteiger partial charge in [-0.15, -0.1) is 0 Å². The van der Waals surface area contributed by atoms with Crippen LogP contribution >= 0.6 is 0 Å². The summed E-state index contributed by atoms with van der Waals surface area (Å²) in [6, 6.07) is 3.91. The van der Waals surface area contributed by atoms with E-state index in [1.165, 1.54) is 18.2 Å². The van der Waals surface area contributed by atoms with Crippen LogP contribution in [0.4, 0.5) is 11.4 Å². The van der Waals surface area contributed by atoms with E-state index in [2.05, 4.69) is 0 Å². The lowest BCUT2D eigenvalue weighted by Gasteiger charge is -2.13. The van der Waals surface area contributed by atoms with Gasteiger partial charge >= 0.3 is 0 Å². The third kappa shape index (κ3) is 1.87. The van der Waals surface area contributed by atoms with Crippen molar-refractivity contribution in [1.29, 1.82) is 0 Å². The summed E-state index contributed by atoms with van der Waals surface area (Å²) < 4.78 is 0. The second-order valence-corrected chi connectivity index (χ2v) is 2.82. The molecule has 0 unspecified atom stereocenters. The zero-order valence-corrected chi connectivity index (χ0v) is 7.39. The van der Waals surface area contributed by atoms with E-state index in [-0.39, 0.29) is 11.4 Å². The summed E-state index contributed by atoms with van der Waals surface area (Å²) in [4.78, 5) is 11.5. The molecule has 1 rings (SSSR count). The van der Waals surface area contributed by atoms with Crippen LogP contribution in [0.3, 0.4) is 0 Å². The Morgan fingerprint density at radius 2 is 2.08 bits per heavy atom. The molecular formula is C8H10N2O3. The van der Waals surface area contributed by atoms with E-state index >= 15 is 0 Å². The molecule has 0 atom stereocenters. The minimum atomic E-state index is -0.494. The molecular weight excluding hydrogens is 172 g/mol. The first-order valence-electron chi connectivity index (χ1n) is 3.67. The number of phenolic OH excluding ortho intramolecular Hbond substituents is 1. The number of aromatic hydroxyl groups is 1. The highest BCUT2D eigenvalue weighted by molar-refractivity contribution is 5.61. The van der Waals surface area contributed by atoms with Gasteiger partial charge in [-0.3, -0.25) is 10.1 Å². The molecule has 1 aromatic rings. The van der Waals surface area contributed by atoms with Gasteiger partial charge in [0.25, 0.3) is 5.69 Å². The van der Waals surface area contributed by atoms with Crippen LogP contribution in [0, 0.1) is 10.1 Å². The fourth-order valence-electron chi connectivity index (χ4n) is 0.984. The second-order valence-electron chi connectivity index (χ2n) is 2.82. The zero-order valence-electron chi connectivity index (χ0n) is 7.39. The molecule has 0 aromatic heterocycles. The third-order valence-corrected chi connectivity index (χ3v) is 1.65. The van der Waals surface area contributed by atoms with Gasteiger partial charge in [0.2, 0.25) is 0 Å². The molecule has 5 nitrogen and oxygen atoms in total.